The molecular weight excluding hydrogens is 296 g/mol. The highest BCUT2D eigenvalue weighted by molar-refractivity contribution is 7.72. The number of aromatic nitrogens is 1. The Morgan fingerprint density at radius 1 is 1.37 bits per heavy atom. The van der Waals surface area contributed by atoms with Gasteiger partial charge in [-0.2, -0.15) is 0 Å². The highest BCUT2D eigenvalue weighted by Crippen LogP contribution is 2.71. The molecule has 19 heavy (non-hydrogen) atoms. The molecule has 1 aromatic heterocycles. The van der Waals surface area contributed by atoms with Crippen LogP contribution < -0.4 is 0 Å². The number of nitrogens with zero attached hydrogens (tertiary/aromatic N) is 1. The predicted molar refractivity (Wildman–Crippen MR) is 66.4 cm³/mol. The van der Waals surface area contributed by atoms with Gasteiger partial charge in [0, 0.05) is 25.9 Å². The van der Waals surface area contributed by atoms with Gasteiger partial charge >= 0.3 is 15.2 Å². The lowest BCUT2D eigenvalue weighted by Crippen LogP contribution is -2.30. The monoisotopic (exact) mass is 311 g/mol. The van der Waals surface area contributed by atoms with Crippen molar-refractivity contribution in [1.82, 2.24) is 4.98 Å². The summed E-state index contributed by atoms with van der Waals surface area (Å²) in [7, 11) is -9.35. The number of hydrogen-bond donors (Lipinski definition) is 4. The molecule has 8 nitrogen and oxygen atoms in total. The van der Waals surface area contributed by atoms with Gasteiger partial charge in [0.05, 0.1) is 0 Å². The van der Waals surface area contributed by atoms with E-state index >= 15 is 0 Å². The van der Waals surface area contributed by atoms with Crippen LogP contribution in [0.3, 0.4) is 0 Å². The minimum atomic E-state index is -5.27. The third-order valence-electron chi connectivity index (χ3n) is 2.64. The lowest BCUT2D eigenvalue weighted by Gasteiger charge is -2.31. The van der Waals surface area contributed by atoms with Gasteiger partial charge in [-0.25, -0.2) is 0 Å². The van der Waals surface area contributed by atoms with E-state index < -0.39 is 26.7 Å². The third kappa shape index (κ3) is 3.49. The van der Waals surface area contributed by atoms with Crippen LogP contribution in [0.4, 0.5) is 0 Å². The van der Waals surface area contributed by atoms with E-state index in [1.54, 1.807) is 12.1 Å². The molecule has 1 heterocycles. The van der Waals surface area contributed by atoms with Crippen molar-refractivity contribution in [3.8, 4) is 0 Å². The van der Waals surface area contributed by atoms with Crippen LogP contribution >= 0.6 is 15.2 Å². The first-order valence-corrected chi connectivity index (χ1v) is 8.38. The molecule has 0 radical (unpaired) electrons. The molecule has 0 saturated heterocycles. The van der Waals surface area contributed by atoms with Crippen LogP contribution in [-0.2, 0) is 20.1 Å². The van der Waals surface area contributed by atoms with E-state index in [1.165, 1.54) is 12.4 Å². The zero-order chi connectivity index (χ0) is 14.7. The van der Waals surface area contributed by atoms with Crippen molar-refractivity contribution < 1.29 is 33.4 Å². The van der Waals surface area contributed by atoms with Gasteiger partial charge in [-0.3, -0.25) is 14.1 Å². The largest absolute Gasteiger partial charge is 0.371 e. The standard InChI is InChI=1S/C9H15NO7P2/c1-17-19(15,16)9(11,18(12,13)14)5-4-8-3-2-6-10-7-8/h2-3,6-7,11H,4-5H2,1H3,(H,15,16)(H2,12,13,14). The number of aliphatic hydroxyl groups is 1. The van der Waals surface area contributed by atoms with Crippen LogP contribution in [0.5, 0.6) is 0 Å². The summed E-state index contributed by atoms with van der Waals surface area (Å²) in [5.74, 6) is 0. The molecule has 0 aliphatic carbocycles. The fourth-order valence-corrected chi connectivity index (χ4v) is 4.11. The van der Waals surface area contributed by atoms with Gasteiger partial charge in [-0.05, 0) is 18.1 Å². The molecule has 108 valence electrons. The third-order valence-corrected chi connectivity index (χ3v) is 6.96. The molecule has 0 aliphatic rings. The highest BCUT2D eigenvalue weighted by atomic mass is 31.2. The average Bonchev–Trinajstić information content (AvgIpc) is 2.35. The van der Waals surface area contributed by atoms with Crippen molar-refractivity contribution in [2.75, 3.05) is 7.11 Å². The van der Waals surface area contributed by atoms with E-state index in [2.05, 4.69) is 9.51 Å². The second kappa shape index (κ2) is 5.81. The van der Waals surface area contributed by atoms with Gasteiger partial charge in [-0.1, -0.05) is 6.07 Å². The Hall–Kier alpha value is -0.590. The summed E-state index contributed by atoms with van der Waals surface area (Å²) >= 11 is 0. The van der Waals surface area contributed by atoms with Crippen LogP contribution in [-0.4, -0.2) is 37.0 Å². The number of pyridine rings is 1. The second-order valence-electron chi connectivity index (χ2n) is 3.88. The Morgan fingerprint density at radius 3 is 2.42 bits per heavy atom. The second-order valence-corrected chi connectivity index (χ2v) is 8.21. The van der Waals surface area contributed by atoms with Crippen LogP contribution in [0, 0.1) is 0 Å². The SMILES string of the molecule is COP(=O)(O)C(O)(CCc1cccnc1)P(=O)(O)O. The fourth-order valence-electron chi connectivity index (χ4n) is 1.46. The summed E-state index contributed by atoms with van der Waals surface area (Å²) in [6, 6.07) is 3.21. The molecule has 0 aromatic carbocycles. The molecule has 4 N–H and O–H groups in total. The zero-order valence-electron chi connectivity index (χ0n) is 10.1. The molecule has 1 rings (SSSR count). The maximum absolute atomic E-state index is 11.6. The van der Waals surface area contributed by atoms with Gasteiger partial charge in [0.15, 0.2) is 0 Å². The molecule has 0 amide bonds. The minimum absolute atomic E-state index is 0.0383. The van der Waals surface area contributed by atoms with E-state index in [1.807, 2.05) is 0 Å². The van der Waals surface area contributed by atoms with Crippen LogP contribution in [0.25, 0.3) is 0 Å². The maximum Gasteiger partial charge on any atom is 0.371 e. The van der Waals surface area contributed by atoms with Crippen molar-refractivity contribution in [1.29, 1.82) is 0 Å². The first kappa shape index (κ1) is 16.5. The van der Waals surface area contributed by atoms with Crippen molar-refractivity contribution in [2.45, 2.75) is 17.9 Å². The normalized spacial score (nSPS) is 18.6. The average molecular weight is 311 g/mol. The molecule has 0 fully saturated rings. The lowest BCUT2D eigenvalue weighted by atomic mass is 10.2. The summed E-state index contributed by atoms with van der Waals surface area (Å²) in [4.78, 5) is 31.5. The molecule has 0 saturated carbocycles. The molecule has 10 heteroatoms. The van der Waals surface area contributed by atoms with E-state index in [-0.39, 0.29) is 6.42 Å². The van der Waals surface area contributed by atoms with Crippen molar-refractivity contribution in [3.05, 3.63) is 30.1 Å². The highest BCUT2D eigenvalue weighted by Gasteiger charge is 2.59. The van der Waals surface area contributed by atoms with Crippen molar-refractivity contribution in [3.63, 3.8) is 0 Å². The zero-order valence-corrected chi connectivity index (χ0v) is 11.9. The van der Waals surface area contributed by atoms with E-state index in [0.29, 0.717) is 5.56 Å². The number of rotatable bonds is 6. The molecule has 0 bridgehead atoms. The quantitative estimate of drug-likeness (QED) is 0.562. The smallest absolute Gasteiger partial charge is 0.368 e. The molecule has 1 aromatic rings. The summed E-state index contributed by atoms with van der Waals surface area (Å²) in [6.07, 6.45) is 2.26. The summed E-state index contributed by atoms with van der Waals surface area (Å²) in [5.41, 5.74) is 0.561. The van der Waals surface area contributed by atoms with E-state index in [4.69, 9.17) is 9.79 Å². The topological polar surface area (TPSA) is 137 Å². The predicted octanol–water partition coefficient (Wildman–Crippen LogP) is 0.670. The summed E-state index contributed by atoms with van der Waals surface area (Å²) < 4.78 is 27.1. The molecule has 0 spiro atoms. The number of aryl methyl sites for hydroxylation is 1. The molecular formula is C9H15NO7P2. The van der Waals surface area contributed by atoms with Crippen molar-refractivity contribution >= 4 is 15.2 Å². The van der Waals surface area contributed by atoms with Crippen LogP contribution in [0.1, 0.15) is 12.0 Å². The van der Waals surface area contributed by atoms with Gasteiger partial charge in [0.2, 0.25) is 0 Å². The molecule has 0 aliphatic heterocycles. The van der Waals surface area contributed by atoms with Crippen molar-refractivity contribution in [2.24, 2.45) is 0 Å². The van der Waals surface area contributed by atoms with Gasteiger partial charge in [-0.15, -0.1) is 0 Å². The van der Waals surface area contributed by atoms with E-state index in [0.717, 1.165) is 7.11 Å². The van der Waals surface area contributed by atoms with Gasteiger partial charge < -0.3 is 24.3 Å². The summed E-state index contributed by atoms with van der Waals surface area (Å²) in [5, 5.41) is 6.78. The first-order chi connectivity index (χ1) is 8.64. The Morgan fingerprint density at radius 2 is 2.00 bits per heavy atom. The minimum Gasteiger partial charge on any atom is -0.368 e. The lowest BCUT2D eigenvalue weighted by molar-refractivity contribution is 0.116. The van der Waals surface area contributed by atoms with E-state index in [9.17, 15) is 19.1 Å². The maximum atomic E-state index is 11.6. The Kier molecular flexibility index (Phi) is 5.03. The van der Waals surface area contributed by atoms with Crippen LogP contribution in [0.2, 0.25) is 0 Å². The Balaban J connectivity index is 3.01. The van der Waals surface area contributed by atoms with Gasteiger partial charge in [0.25, 0.3) is 5.08 Å². The Labute approximate surface area is 109 Å². The number of hydrogen-bond acceptors (Lipinski definition) is 5. The molecule has 2 unspecified atom stereocenters. The Bertz CT molecular complexity index is 517. The van der Waals surface area contributed by atoms with Crippen LogP contribution in [0.15, 0.2) is 24.5 Å². The van der Waals surface area contributed by atoms with Gasteiger partial charge in [0.1, 0.15) is 0 Å². The summed E-state index contributed by atoms with van der Waals surface area (Å²) in [6.45, 7) is 0. The fraction of sp³-hybridized carbons (Fsp3) is 0.444. The first-order valence-electron chi connectivity index (χ1n) is 5.19. The molecule has 2 atom stereocenters.